The summed E-state index contributed by atoms with van der Waals surface area (Å²) in [7, 11) is 1.39. The van der Waals surface area contributed by atoms with Crippen molar-refractivity contribution in [1.29, 1.82) is 0 Å². The molecule has 2 aromatic carbocycles. The number of carbonyl (C=O) groups is 3. The predicted octanol–water partition coefficient (Wildman–Crippen LogP) is 2.60. The second kappa shape index (κ2) is 9.18. The summed E-state index contributed by atoms with van der Waals surface area (Å²) < 4.78 is 15.3. The SMILES string of the molecule is COC1CN(C(=O)c2nonc2NC(=O)OCC2c3ccccc3-c3ccccc32)CC1C(=O)O. The number of aromatic nitrogens is 2. The molecule has 11 heteroatoms. The van der Waals surface area contributed by atoms with Crippen LogP contribution in [0.15, 0.2) is 53.2 Å². The summed E-state index contributed by atoms with van der Waals surface area (Å²) in [5.74, 6) is -2.91. The Kier molecular flexibility index (Phi) is 5.91. The Hall–Kier alpha value is -4.25. The van der Waals surface area contributed by atoms with Gasteiger partial charge in [-0.3, -0.25) is 14.9 Å². The number of hydrogen-bond donors (Lipinski definition) is 2. The van der Waals surface area contributed by atoms with Crippen molar-refractivity contribution in [2.75, 3.05) is 32.1 Å². The molecule has 35 heavy (non-hydrogen) atoms. The number of nitrogens with one attached hydrogen (secondary N) is 1. The number of rotatable bonds is 6. The van der Waals surface area contributed by atoms with Gasteiger partial charge in [0, 0.05) is 26.1 Å². The van der Waals surface area contributed by atoms with Crippen LogP contribution in [0.1, 0.15) is 27.5 Å². The van der Waals surface area contributed by atoms with E-state index in [2.05, 4.69) is 20.3 Å². The van der Waals surface area contributed by atoms with Crippen molar-refractivity contribution < 1.29 is 33.6 Å². The van der Waals surface area contributed by atoms with Gasteiger partial charge in [-0.1, -0.05) is 48.5 Å². The molecule has 0 bridgehead atoms. The maximum Gasteiger partial charge on any atom is 0.412 e. The smallest absolute Gasteiger partial charge is 0.412 e. The van der Waals surface area contributed by atoms with Gasteiger partial charge in [0.1, 0.15) is 12.5 Å². The monoisotopic (exact) mass is 478 g/mol. The van der Waals surface area contributed by atoms with Crippen molar-refractivity contribution in [3.63, 3.8) is 0 Å². The molecule has 1 saturated heterocycles. The first kappa shape index (κ1) is 22.5. The van der Waals surface area contributed by atoms with E-state index >= 15 is 0 Å². The number of aliphatic carboxylic acids is 1. The molecule has 2 aliphatic rings. The van der Waals surface area contributed by atoms with Crippen LogP contribution in [0.2, 0.25) is 0 Å². The highest BCUT2D eigenvalue weighted by molar-refractivity contribution is 6.00. The van der Waals surface area contributed by atoms with Gasteiger partial charge in [0.15, 0.2) is 0 Å². The average molecular weight is 478 g/mol. The molecule has 1 aliphatic carbocycles. The topological polar surface area (TPSA) is 144 Å². The zero-order chi connectivity index (χ0) is 24.5. The van der Waals surface area contributed by atoms with E-state index in [-0.39, 0.29) is 37.1 Å². The lowest BCUT2D eigenvalue weighted by Gasteiger charge is -2.15. The number of amides is 2. The first-order valence-electron chi connectivity index (χ1n) is 11.0. The Morgan fingerprint density at radius 1 is 1.06 bits per heavy atom. The van der Waals surface area contributed by atoms with E-state index in [0.29, 0.717) is 0 Å². The minimum atomic E-state index is -1.07. The number of benzene rings is 2. The van der Waals surface area contributed by atoms with Gasteiger partial charge >= 0.3 is 12.1 Å². The number of anilines is 1. The van der Waals surface area contributed by atoms with Gasteiger partial charge in [-0.25, -0.2) is 9.42 Å². The molecule has 0 spiro atoms. The Morgan fingerprint density at radius 2 is 1.71 bits per heavy atom. The molecule has 1 fully saturated rings. The average Bonchev–Trinajstić information content (AvgIpc) is 3.58. The quantitative estimate of drug-likeness (QED) is 0.546. The number of likely N-dealkylation sites (tertiary alicyclic amines) is 1. The van der Waals surface area contributed by atoms with E-state index in [0.717, 1.165) is 22.3 Å². The molecule has 5 rings (SSSR count). The molecule has 1 aliphatic heterocycles. The second-order valence-electron chi connectivity index (χ2n) is 8.34. The molecule has 2 unspecified atom stereocenters. The minimum absolute atomic E-state index is 0.0591. The van der Waals surface area contributed by atoms with E-state index in [1.807, 2.05) is 48.5 Å². The fourth-order valence-corrected chi connectivity index (χ4v) is 4.71. The molecule has 1 aromatic heterocycles. The summed E-state index contributed by atoms with van der Waals surface area (Å²) in [6.45, 7) is 0.0732. The molecule has 180 valence electrons. The van der Waals surface area contributed by atoms with E-state index in [1.54, 1.807) is 0 Å². The molecule has 0 saturated carbocycles. The van der Waals surface area contributed by atoms with Crippen LogP contribution < -0.4 is 5.32 Å². The molecular weight excluding hydrogens is 456 g/mol. The van der Waals surface area contributed by atoms with Crippen LogP contribution in [-0.2, 0) is 14.3 Å². The zero-order valence-electron chi connectivity index (χ0n) is 18.7. The van der Waals surface area contributed by atoms with Crippen LogP contribution in [0, 0.1) is 5.92 Å². The Morgan fingerprint density at radius 3 is 2.31 bits per heavy atom. The molecule has 0 radical (unpaired) electrons. The van der Waals surface area contributed by atoms with Crippen LogP contribution in [0.3, 0.4) is 0 Å². The number of ether oxygens (including phenoxy) is 2. The summed E-state index contributed by atoms with van der Waals surface area (Å²) in [4.78, 5) is 38.2. The van der Waals surface area contributed by atoms with E-state index in [9.17, 15) is 19.5 Å². The van der Waals surface area contributed by atoms with Crippen LogP contribution in [0.4, 0.5) is 10.6 Å². The highest BCUT2D eigenvalue weighted by Crippen LogP contribution is 2.44. The number of carboxylic acids is 1. The van der Waals surface area contributed by atoms with Gasteiger partial charge in [-0.2, -0.15) is 0 Å². The largest absolute Gasteiger partial charge is 0.481 e. The molecule has 2 atom stereocenters. The van der Waals surface area contributed by atoms with Crippen LogP contribution in [-0.4, -0.2) is 71.2 Å². The molecule has 2 N–H and O–H groups in total. The van der Waals surface area contributed by atoms with Crippen molar-refractivity contribution in [3.8, 4) is 11.1 Å². The standard InChI is InChI=1S/C24H22N4O7/c1-33-19-11-28(10-17(19)23(30)31)22(29)20-21(27-35-26-20)25-24(32)34-12-18-15-8-4-2-6-13(15)14-7-3-5-9-16(14)18/h2-9,17-19H,10-12H2,1H3,(H,30,31)(H,25,27,32). The Balaban J connectivity index is 1.25. The number of methoxy groups -OCH3 is 1. The van der Waals surface area contributed by atoms with E-state index in [4.69, 9.17) is 9.47 Å². The third-order valence-corrected chi connectivity index (χ3v) is 6.43. The molecule has 11 nitrogen and oxygen atoms in total. The minimum Gasteiger partial charge on any atom is -0.481 e. The highest BCUT2D eigenvalue weighted by Gasteiger charge is 2.41. The maximum atomic E-state index is 12.9. The molecular formula is C24H22N4O7. The fraction of sp³-hybridized carbons (Fsp3) is 0.292. The van der Waals surface area contributed by atoms with Crippen molar-refractivity contribution >= 4 is 23.8 Å². The number of hydrogen-bond acceptors (Lipinski definition) is 8. The van der Waals surface area contributed by atoms with Crippen molar-refractivity contribution in [2.45, 2.75) is 12.0 Å². The van der Waals surface area contributed by atoms with E-state index < -0.39 is 30.0 Å². The maximum absolute atomic E-state index is 12.9. The lowest BCUT2D eigenvalue weighted by Crippen LogP contribution is -2.31. The lowest BCUT2D eigenvalue weighted by atomic mass is 9.98. The number of fused-ring (bicyclic) bond motifs is 3. The summed E-state index contributed by atoms with van der Waals surface area (Å²) in [5, 5.41) is 19.0. The van der Waals surface area contributed by atoms with Gasteiger partial charge in [0.05, 0.1) is 6.10 Å². The van der Waals surface area contributed by atoms with Crippen molar-refractivity contribution in [3.05, 3.63) is 65.4 Å². The zero-order valence-corrected chi connectivity index (χ0v) is 18.7. The number of carboxylic acid groups (broad SMARTS) is 1. The summed E-state index contributed by atoms with van der Waals surface area (Å²) in [5.41, 5.74) is 4.08. The van der Waals surface area contributed by atoms with Crippen molar-refractivity contribution in [2.24, 2.45) is 5.92 Å². The number of nitrogens with zero attached hydrogens (tertiary/aromatic N) is 3. The molecule has 3 aromatic rings. The summed E-state index contributed by atoms with van der Waals surface area (Å²) >= 11 is 0. The first-order valence-corrected chi connectivity index (χ1v) is 11.0. The van der Waals surface area contributed by atoms with Gasteiger partial charge in [-0.05, 0) is 32.6 Å². The van der Waals surface area contributed by atoms with Crippen LogP contribution in [0.5, 0.6) is 0 Å². The predicted molar refractivity (Wildman–Crippen MR) is 121 cm³/mol. The Labute approximate surface area is 199 Å². The highest BCUT2D eigenvalue weighted by atomic mass is 16.6. The fourth-order valence-electron chi connectivity index (χ4n) is 4.71. The number of carbonyl (C=O) groups excluding carboxylic acids is 2. The lowest BCUT2D eigenvalue weighted by molar-refractivity contribution is -0.144. The van der Waals surface area contributed by atoms with E-state index in [1.165, 1.54) is 12.0 Å². The molecule has 2 amide bonds. The van der Waals surface area contributed by atoms with Gasteiger partial charge < -0.3 is 19.5 Å². The summed E-state index contributed by atoms with van der Waals surface area (Å²) in [6.07, 6.45) is -1.48. The third kappa shape index (κ3) is 4.10. The Bertz CT molecular complexity index is 1240. The summed E-state index contributed by atoms with van der Waals surface area (Å²) in [6, 6.07) is 15.9. The third-order valence-electron chi connectivity index (χ3n) is 6.43. The first-order chi connectivity index (χ1) is 17.0. The van der Waals surface area contributed by atoms with Gasteiger partial charge in [0.25, 0.3) is 5.91 Å². The van der Waals surface area contributed by atoms with Crippen LogP contribution >= 0.6 is 0 Å². The normalized spacial score (nSPS) is 18.7. The van der Waals surface area contributed by atoms with Gasteiger partial charge in [0.2, 0.25) is 11.5 Å². The van der Waals surface area contributed by atoms with Crippen LogP contribution in [0.25, 0.3) is 11.1 Å². The second-order valence-corrected chi connectivity index (χ2v) is 8.34. The molecule has 2 heterocycles. The van der Waals surface area contributed by atoms with Crippen molar-refractivity contribution in [1.82, 2.24) is 15.2 Å². The van der Waals surface area contributed by atoms with Gasteiger partial charge in [-0.15, -0.1) is 0 Å².